The highest BCUT2D eigenvalue weighted by Crippen LogP contribution is 2.44. The highest BCUT2D eigenvalue weighted by Gasteiger charge is 2.24. The van der Waals surface area contributed by atoms with Crippen LogP contribution in [0, 0.1) is 56.9 Å². The second kappa shape index (κ2) is 33.6. The molecule has 6 heterocycles. The van der Waals surface area contributed by atoms with Crippen LogP contribution in [0.5, 0.6) is 0 Å². The fourth-order valence-electron chi connectivity index (χ4n) is 15.1. The summed E-state index contributed by atoms with van der Waals surface area (Å²) in [6.45, 7) is 15.6. The third kappa shape index (κ3) is 15.0. The number of imidazole rings is 3. The van der Waals surface area contributed by atoms with E-state index in [4.69, 9.17) is 56.3 Å². The maximum absolute atomic E-state index is 13.5. The van der Waals surface area contributed by atoms with Gasteiger partial charge in [0.1, 0.15) is 16.9 Å². The van der Waals surface area contributed by atoms with Gasteiger partial charge < -0.3 is 0 Å². The average molecular weight is 1590 g/mol. The maximum atomic E-state index is 13.5. The van der Waals surface area contributed by atoms with Gasteiger partial charge in [-0.2, -0.15) is 10.5 Å². The highest BCUT2D eigenvalue weighted by molar-refractivity contribution is 6.41. The van der Waals surface area contributed by atoms with E-state index in [0.717, 1.165) is 81.9 Å². The first-order chi connectivity index (χ1) is 57.6. The van der Waals surface area contributed by atoms with Crippen LogP contribution in [0.1, 0.15) is 33.4 Å². The van der Waals surface area contributed by atoms with Crippen LogP contribution in [0.15, 0.2) is 354 Å². The Bertz CT molecular complexity index is 7310. The van der Waals surface area contributed by atoms with Crippen molar-refractivity contribution in [3.05, 3.63) is 431 Å². The summed E-state index contributed by atoms with van der Waals surface area (Å²) >= 11 is 20.0. The second-order valence-corrected chi connectivity index (χ2v) is 29.6. The molecule has 0 fully saturated rings. The minimum atomic E-state index is -0.158. The summed E-state index contributed by atoms with van der Waals surface area (Å²) in [7, 11) is 0. The molecule has 0 aliphatic heterocycles. The van der Waals surface area contributed by atoms with E-state index < -0.39 is 0 Å². The number of fused-ring (bicyclic) bond motifs is 12. The van der Waals surface area contributed by atoms with Crippen molar-refractivity contribution >= 4 is 155 Å². The number of nitrogens with zero attached hydrogens (tertiary/aromatic N) is 9. The summed E-state index contributed by atoms with van der Waals surface area (Å²) in [5, 5.41) is 29.6. The molecule has 0 radical (unpaired) electrons. The molecule has 6 aromatic heterocycles. The number of nitriles is 2. The molecule has 0 amide bonds. The van der Waals surface area contributed by atoms with E-state index >= 15 is 0 Å². The molecule has 0 N–H and O–H groups in total. The van der Waals surface area contributed by atoms with Gasteiger partial charge in [0.15, 0.2) is 5.69 Å². The van der Waals surface area contributed by atoms with E-state index in [-0.39, 0.29) is 16.7 Å². The van der Waals surface area contributed by atoms with Gasteiger partial charge in [0.25, 0.3) is 16.7 Å². The summed E-state index contributed by atoms with van der Waals surface area (Å²) in [6, 6.07) is 114. The zero-order valence-corrected chi connectivity index (χ0v) is 66.5. The number of hydrogen-bond acceptors (Lipinski definition) is 8. The summed E-state index contributed by atoms with van der Waals surface area (Å²) in [5.74, 6) is 0. The zero-order chi connectivity index (χ0) is 81.7. The smallest absolute Gasteiger partial charge is 0.264 e. The van der Waals surface area contributed by atoms with Crippen LogP contribution in [-0.2, 0) is 0 Å². The van der Waals surface area contributed by atoms with Crippen molar-refractivity contribution in [1.29, 1.82) is 10.5 Å². The highest BCUT2D eigenvalue weighted by atomic mass is 35.5. The van der Waals surface area contributed by atoms with Crippen molar-refractivity contribution in [2.24, 2.45) is 0 Å². The Morgan fingerprint density at radius 1 is 0.297 bits per heavy atom. The van der Waals surface area contributed by atoms with Crippen molar-refractivity contribution < 1.29 is 0 Å². The molecule has 0 saturated carbocycles. The number of pyridine rings is 3. The van der Waals surface area contributed by atoms with Crippen molar-refractivity contribution in [3.8, 4) is 45.5 Å². The van der Waals surface area contributed by atoms with Gasteiger partial charge in [0.2, 0.25) is 0 Å². The van der Waals surface area contributed by atoms with Crippen molar-refractivity contribution in [3.63, 3.8) is 0 Å². The fourth-order valence-corrected chi connectivity index (χ4v) is 15.9. The van der Waals surface area contributed by atoms with Crippen LogP contribution in [0.3, 0.4) is 0 Å². The van der Waals surface area contributed by atoms with Crippen LogP contribution < -0.4 is 16.7 Å². The van der Waals surface area contributed by atoms with Crippen molar-refractivity contribution in [1.82, 2.24) is 28.2 Å². The normalized spacial score (nSPS) is 10.9. The predicted octanol–water partition coefficient (Wildman–Crippen LogP) is 26.0. The van der Waals surface area contributed by atoms with Gasteiger partial charge in [-0.25, -0.2) is 19.8 Å². The molecular formula is C103H68Cl3N9O3. The molecule has 0 aliphatic rings. The number of aryl methyl sites for hydroxylation is 4. The Morgan fingerprint density at radius 2 is 0.576 bits per heavy atom. The standard InChI is InChI=1S/3C25H12ClN3O.4C7H8/c1-27-15-7-12-20-21(13-15)29-24(28-20)17-10-11-19(26)23-16(14-5-3-2-4-6-14)8-9-18(22(17)23)25(29)30;2*26-19-10-9-17-22-18(8-7-16(23(19)22)15-4-2-1-3-5-15)25(30)29-21-11-6-14(13-27)12-20(21)28-24(17)29;4*1-7-5-3-2-4-6-7/h2-13H;2*1-12H;4*2-6H,1H3. The Labute approximate surface area is 692 Å². The SMILES string of the molecule is Cc1ccccc1.Cc1ccccc1.Cc1ccccc1.Cc1ccccc1.N#Cc1ccc2c(c1)nc1c3ccc(Cl)c4c(-c5ccccc5)ccc(c(=O)n21)c43.N#Cc1ccc2c(c1)nc1c3ccc(Cl)c4c(-c5ccccc5)ccc(c(=O)n21)c43.[C-]#[N+]c1ccc2nc3c4ccc(Cl)c5c(-c6ccccc6)ccc(c(=O)n3c2c1)c54. The first-order valence-corrected chi connectivity index (χ1v) is 39.1. The topological polar surface area (TPSA) is 155 Å². The van der Waals surface area contributed by atoms with E-state index in [1.165, 1.54) is 22.3 Å². The van der Waals surface area contributed by atoms with Crippen LogP contribution >= 0.6 is 34.8 Å². The van der Waals surface area contributed by atoms with E-state index in [2.05, 4.69) is 93.2 Å². The van der Waals surface area contributed by atoms with E-state index in [1.54, 1.807) is 67.8 Å². The van der Waals surface area contributed by atoms with Crippen LogP contribution in [0.25, 0.3) is 153 Å². The molecule has 16 aromatic carbocycles. The molecule has 15 heteroatoms. The van der Waals surface area contributed by atoms with Crippen LogP contribution in [0.2, 0.25) is 15.1 Å². The number of halogens is 3. The lowest BCUT2D eigenvalue weighted by molar-refractivity contribution is 1.19. The second-order valence-electron chi connectivity index (χ2n) is 28.4. The lowest BCUT2D eigenvalue weighted by Gasteiger charge is -2.13. The Morgan fingerprint density at radius 3 is 0.856 bits per heavy atom. The Kier molecular flexibility index (Phi) is 21.9. The van der Waals surface area contributed by atoms with Gasteiger partial charge in [-0.15, -0.1) is 0 Å². The number of benzene rings is 16. The fraction of sp³-hybridized carbons (Fsp3) is 0.0388. The van der Waals surface area contributed by atoms with Gasteiger partial charge in [-0.05, 0) is 164 Å². The summed E-state index contributed by atoms with van der Waals surface area (Å²) in [5.41, 5.74) is 18.1. The van der Waals surface area contributed by atoms with E-state index in [9.17, 15) is 24.9 Å². The Hall–Kier alpha value is -14.9. The van der Waals surface area contributed by atoms with E-state index in [0.29, 0.717) is 98.1 Å². The molecule has 564 valence electrons. The predicted molar refractivity (Wildman–Crippen MR) is 487 cm³/mol. The lowest BCUT2D eigenvalue weighted by atomic mass is 9.94. The molecule has 0 unspecified atom stereocenters. The van der Waals surface area contributed by atoms with Gasteiger partial charge >= 0.3 is 0 Å². The minimum Gasteiger partial charge on any atom is -0.268 e. The molecule has 0 atom stereocenters. The minimum absolute atomic E-state index is 0.142. The molecular weight excluding hydrogens is 1520 g/mol. The van der Waals surface area contributed by atoms with Gasteiger partial charge in [-0.3, -0.25) is 27.6 Å². The van der Waals surface area contributed by atoms with Crippen molar-refractivity contribution in [2.45, 2.75) is 27.7 Å². The third-order valence-corrected chi connectivity index (χ3v) is 21.6. The molecule has 118 heavy (non-hydrogen) atoms. The summed E-state index contributed by atoms with van der Waals surface area (Å²) < 4.78 is 4.87. The molecule has 0 spiro atoms. The van der Waals surface area contributed by atoms with Gasteiger partial charge in [0, 0.05) is 79.7 Å². The van der Waals surface area contributed by atoms with Crippen LogP contribution in [-0.4, -0.2) is 28.2 Å². The van der Waals surface area contributed by atoms with E-state index in [1.807, 2.05) is 237 Å². The van der Waals surface area contributed by atoms with Crippen molar-refractivity contribution in [2.75, 3.05) is 0 Å². The lowest BCUT2D eigenvalue weighted by Crippen LogP contribution is -2.13. The molecule has 12 nitrogen and oxygen atoms in total. The number of rotatable bonds is 3. The first kappa shape index (κ1) is 77.0. The largest absolute Gasteiger partial charge is 0.268 e. The Balaban J connectivity index is 0.000000113. The van der Waals surface area contributed by atoms with Crippen LogP contribution in [0.4, 0.5) is 5.69 Å². The maximum Gasteiger partial charge on any atom is 0.264 e. The monoisotopic (exact) mass is 1580 g/mol. The zero-order valence-electron chi connectivity index (χ0n) is 64.2. The number of aromatic nitrogens is 6. The average Bonchev–Trinajstić information content (AvgIpc) is 1.03. The molecule has 22 aromatic rings. The third-order valence-electron chi connectivity index (χ3n) is 20.7. The molecule has 22 rings (SSSR count). The molecule has 0 aliphatic carbocycles. The van der Waals surface area contributed by atoms with Gasteiger partial charge in [-0.1, -0.05) is 294 Å². The van der Waals surface area contributed by atoms with Gasteiger partial charge in [0.05, 0.1) is 62.9 Å². The summed E-state index contributed by atoms with van der Waals surface area (Å²) in [6.07, 6.45) is 0. The summed E-state index contributed by atoms with van der Waals surface area (Å²) in [4.78, 5) is 58.2. The molecule has 0 saturated heterocycles. The number of hydrogen-bond donors (Lipinski definition) is 0. The molecule has 0 bridgehead atoms. The quantitative estimate of drug-likeness (QED) is 0.158. The first-order valence-electron chi connectivity index (χ1n) is 38.0.